The number of nitrogens with zero attached hydrogens (tertiary/aromatic N) is 7. The van der Waals surface area contributed by atoms with Crippen LogP contribution < -0.4 is 10.6 Å². The van der Waals surface area contributed by atoms with Crippen molar-refractivity contribution in [2.75, 3.05) is 31.1 Å². The summed E-state index contributed by atoms with van der Waals surface area (Å²) in [6.07, 6.45) is 5.35. The molecule has 4 heterocycles. The number of aryl methyl sites for hydroxylation is 1. The molecule has 3 aromatic rings. The monoisotopic (exact) mass is 353 g/mol. The molecule has 0 spiro atoms. The SMILES string of the molecule is Cc1cncc(N2CCN(C(C)Cn3nc4ccccn4c3=O)CC2)n1. The molecular weight excluding hydrogens is 330 g/mol. The summed E-state index contributed by atoms with van der Waals surface area (Å²) in [6.45, 7) is 8.37. The Balaban J connectivity index is 1.41. The van der Waals surface area contributed by atoms with Crippen molar-refractivity contribution in [3.63, 3.8) is 0 Å². The van der Waals surface area contributed by atoms with Gasteiger partial charge in [0.15, 0.2) is 5.65 Å². The number of piperazine rings is 1. The van der Waals surface area contributed by atoms with Crippen molar-refractivity contribution >= 4 is 11.5 Å². The van der Waals surface area contributed by atoms with Gasteiger partial charge in [-0.2, -0.15) is 0 Å². The van der Waals surface area contributed by atoms with Crippen LogP contribution in [0.3, 0.4) is 0 Å². The Morgan fingerprint density at radius 3 is 2.69 bits per heavy atom. The Kier molecular flexibility index (Phi) is 4.42. The summed E-state index contributed by atoms with van der Waals surface area (Å²) >= 11 is 0. The molecule has 0 N–H and O–H groups in total. The average molecular weight is 353 g/mol. The van der Waals surface area contributed by atoms with Crippen molar-refractivity contribution in [1.29, 1.82) is 0 Å². The number of aromatic nitrogens is 5. The molecule has 0 saturated carbocycles. The van der Waals surface area contributed by atoms with E-state index >= 15 is 0 Å². The summed E-state index contributed by atoms with van der Waals surface area (Å²) < 4.78 is 3.15. The highest BCUT2D eigenvalue weighted by molar-refractivity contribution is 5.37. The fourth-order valence-electron chi connectivity index (χ4n) is 3.45. The van der Waals surface area contributed by atoms with Crippen molar-refractivity contribution < 1.29 is 0 Å². The van der Waals surface area contributed by atoms with E-state index in [9.17, 15) is 4.79 Å². The maximum absolute atomic E-state index is 12.4. The van der Waals surface area contributed by atoms with E-state index in [1.54, 1.807) is 21.5 Å². The van der Waals surface area contributed by atoms with Crippen molar-refractivity contribution in [3.8, 4) is 0 Å². The Morgan fingerprint density at radius 1 is 1.15 bits per heavy atom. The number of hydrogen-bond donors (Lipinski definition) is 0. The van der Waals surface area contributed by atoms with Gasteiger partial charge < -0.3 is 4.90 Å². The first-order chi connectivity index (χ1) is 12.6. The lowest BCUT2D eigenvalue weighted by Crippen LogP contribution is -2.51. The molecule has 8 heteroatoms. The van der Waals surface area contributed by atoms with Gasteiger partial charge in [-0.15, -0.1) is 5.10 Å². The van der Waals surface area contributed by atoms with E-state index in [4.69, 9.17) is 0 Å². The number of fused-ring (bicyclic) bond motifs is 1. The van der Waals surface area contributed by atoms with E-state index in [0.717, 1.165) is 37.7 Å². The van der Waals surface area contributed by atoms with Gasteiger partial charge in [-0.3, -0.25) is 14.3 Å². The molecular formula is C18H23N7O. The molecule has 0 aromatic carbocycles. The summed E-state index contributed by atoms with van der Waals surface area (Å²) in [7, 11) is 0. The molecule has 0 radical (unpaired) electrons. The third-order valence-electron chi connectivity index (χ3n) is 4.93. The quantitative estimate of drug-likeness (QED) is 0.691. The van der Waals surface area contributed by atoms with Crippen molar-refractivity contribution in [3.05, 3.63) is 53.0 Å². The lowest BCUT2D eigenvalue weighted by atomic mass is 10.2. The maximum atomic E-state index is 12.4. The molecule has 1 unspecified atom stereocenters. The van der Waals surface area contributed by atoms with Crippen molar-refractivity contribution in [1.82, 2.24) is 29.0 Å². The minimum absolute atomic E-state index is 0.0823. The van der Waals surface area contributed by atoms with Crippen LogP contribution in [-0.2, 0) is 6.54 Å². The predicted molar refractivity (Wildman–Crippen MR) is 99.5 cm³/mol. The van der Waals surface area contributed by atoms with Gasteiger partial charge in [-0.05, 0) is 26.0 Å². The maximum Gasteiger partial charge on any atom is 0.350 e. The molecule has 26 heavy (non-hydrogen) atoms. The fourth-order valence-corrected chi connectivity index (χ4v) is 3.45. The zero-order valence-corrected chi connectivity index (χ0v) is 15.1. The predicted octanol–water partition coefficient (Wildman–Crippen LogP) is 0.805. The highest BCUT2D eigenvalue weighted by Gasteiger charge is 2.23. The first-order valence-corrected chi connectivity index (χ1v) is 8.93. The smallest absolute Gasteiger partial charge is 0.350 e. The molecule has 0 bridgehead atoms. The van der Waals surface area contributed by atoms with Crippen LogP contribution >= 0.6 is 0 Å². The number of rotatable bonds is 4. The van der Waals surface area contributed by atoms with Gasteiger partial charge in [0.2, 0.25) is 0 Å². The van der Waals surface area contributed by atoms with Crippen LogP contribution in [0, 0.1) is 6.92 Å². The van der Waals surface area contributed by atoms with Gasteiger partial charge >= 0.3 is 5.69 Å². The van der Waals surface area contributed by atoms with E-state index in [0.29, 0.717) is 12.2 Å². The van der Waals surface area contributed by atoms with Crippen LogP contribution in [0.15, 0.2) is 41.6 Å². The Labute approximate surface area is 151 Å². The average Bonchev–Trinajstić information content (AvgIpc) is 2.98. The highest BCUT2D eigenvalue weighted by atomic mass is 16.2. The van der Waals surface area contributed by atoms with Gasteiger partial charge in [0, 0.05) is 44.6 Å². The van der Waals surface area contributed by atoms with Crippen molar-refractivity contribution in [2.24, 2.45) is 0 Å². The standard InChI is InChI=1S/C18H23N7O/c1-14-11-19-12-17(20-14)23-9-7-22(8-10-23)15(2)13-25-18(26)24-6-4-3-5-16(24)21-25/h3-6,11-12,15H,7-10,13H2,1-2H3. The largest absolute Gasteiger partial charge is 0.353 e. The van der Waals surface area contributed by atoms with E-state index in [2.05, 4.69) is 31.8 Å². The molecule has 136 valence electrons. The van der Waals surface area contributed by atoms with Gasteiger partial charge in [-0.1, -0.05) is 6.07 Å². The molecule has 0 amide bonds. The highest BCUT2D eigenvalue weighted by Crippen LogP contribution is 2.14. The van der Waals surface area contributed by atoms with E-state index in [1.807, 2.05) is 31.3 Å². The summed E-state index contributed by atoms with van der Waals surface area (Å²) in [5, 5.41) is 4.43. The third kappa shape index (κ3) is 3.20. The number of hydrogen-bond acceptors (Lipinski definition) is 6. The molecule has 3 aromatic heterocycles. The van der Waals surface area contributed by atoms with Crippen molar-refractivity contribution in [2.45, 2.75) is 26.4 Å². The second-order valence-electron chi connectivity index (χ2n) is 6.78. The van der Waals surface area contributed by atoms with Crippen LogP contribution in [0.2, 0.25) is 0 Å². The zero-order valence-electron chi connectivity index (χ0n) is 15.1. The number of pyridine rings is 1. The molecule has 1 atom stereocenters. The lowest BCUT2D eigenvalue weighted by molar-refractivity contribution is 0.175. The first-order valence-electron chi connectivity index (χ1n) is 8.93. The summed E-state index contributed by atoms with van der Waals surface area (Å²) in [6, 6.07) is 5.83. The van der Waals surface area contributed by atoms with Crippen LogP contribution in [0.1, 0.15) is 12.6 Å². The van der Waals surface area contributed by atoms with Gasteiger partial charge in [0.25, 0.3) is 0 Å². The summed E-state index contributed by atoms with van der Waals surface area (Å²) in [5.41, 5.74) is 1.54. The van der Waals surface area contributed by atoms with E-state index in [1.165, 1.54) is 0 Å². The zero-order chi connectivity index (χ0) is 18.1. The van der Waals surface area contributed by atoms with E-state index in [-0.39, 0.29) is 11.7 Å². The minimum atomic E-state index is -0.0823. The van der Waals surface area contributed by atoms with Gasteiger partial charge in [0.05, 0.1) is 18.4 Å². The van der Waals surface area contributed by atoms with Crippen LogP contribution in [-0.4, -0.2) is 61.3 Å². The van der Waals surface area contributed by atoms with Gasteiger partial charge in [0.1, 0.15) is 5.82 Å². The second kappa shape index (κ2) is 6.87. The molecule has 4 rings (SSSR count). The topological polar surface area (TPSA) is 71.6 Å². The van der Waals surface area contributed by atoms with Crippen LogP contribution in [0.25, 0.3) is 5.65 Å². The summed E-state index contributed by atoms with van der Waals surface area (Å²) in [4.78, 5) is 25.9. The third-order valence-corrected chi connectivity index (χ3v) is 4.93. The second-order valence-corrected chi connectivity index (χ2v) is 6.78. The van der Waals surface area contributed by atoms with Crippen LogP contribution in [0.4, 0.5) is 5.82 Å². The summed E-state index contributed by atoms with van der Waals surface area (Å²) in [5.74, 6) is 0.939. The molecule has 1 fully saturated rings. The first kappa shape index (κ1) is 16.7. The Bertz CT molecular complexity index is 955. The minimum Gasteiger partial charge on any atom is -0.353 e. The fraction of sp³-hybridized carbons (Fsp3) is 0.444. The van der Waals surface area contributed by atoms with Crippen LogP contribution in [0.5, 0.6) is 0 Å². The molecule has 1 aliphatic rings. The lowest BCUT2D eigenvalue weighted by Gasteiger charge is -2.38. The number of anilines is 1. The Hall–Kier alpha value is -2.74. The molecule has 0 aliphatic carbocycles. The normalized spacial score (nSPS) is 16.9. The van der Waals surface area contributed by atoms with Gasteiger partial charge in [-0.25, -0.2) is 14.5 Å². The molecule has 1 saturated heterocycles. The van der Waals surface area contributed by atoms with E-state index < -0.39 is 0 Å². The molecule has 8 nitrogen and oxygen atoms in total. The molecule has 1 aliphatic heterocycles. The Morgan fingerprint density at radius 2 is 1.96 bits per heavy atom.